The second-order valence-corrected chi connectivity index (χ2v) is 6.42. The van der Waals surface area contributed by atoms with Crippen LogP contribution in [-0.4, -0.2) is 31.3 Å². The van der Waals surface area contributed by atoms with Gasteiger partial charge < -0.3 is 10.1 Å². The lowest BCUT2D eigenvalue weighted by Crippen LogP contribution is -2.22. The van der Waals surface area contributed by atoms with Gasteiger partial charge in [-0.1, -0.05) is 30.3 Å². The topological polar surface area (TPSA) is 55.4 Å². The fourth-order valence-corrected chi connectivity index (χ4v) is 2.94. The molecule has 0 atom stereocenters. The summed E-state index contributed by atoms with van der Waals surface area (Å²) in [6.45, 7) is 0.643. The van der Waals surface area contributed by atoms with Crippen LogP contribution in [0.5, 0.6) is 0 Å². The van der Waals surface area contributed by atoms with Gasteiger partial charge in [-0.15, -0.1) is 11.8 Å². The van der Waals surface area contributed by atoms with E-state index in [4.69, 9.17) is 0 Å². The van der Waals surface area contributed by atoms with Crippen molar-refractivity contribution in [2.24, 2.45) is 0 Å². The number of thioether (sulfide) groups is 1. The number of carbonyl (C=O) groups excluding carboxylic acids is 2. The number of carbonyl (C=O) groups is 2. The summed E-state index contributed by atoms with van der Waals surface area (Å²) >= 11 is 1.78. The lowest BCUT2D eigenvalue weighted by Gasteiger charge is -2.03. The zero-order chi connectivity index (χ0) is 17.9. The summed E-state index contributed by atoms with van der Waals surface area (Å²) in [5, 5.41) is 2.86. The Bertz CT molecular complexity index is 711. The molecule has 4 nitrogen and oxygen atoms in total. The molecular weight excluding hydrogens is 334 g/mol. The van der Waals surface area contributed by atoms with Crippen LogP contribution in [0.2, 0.25) is 0 Å². The van der Waals surface area contributed by atoms with Gasteiger partial charge in [-0.2, -0.15) is 0 Å². The number of amides is 1. The Hall–Kier alpha value is -2.53. The third-order valence-electron chi connectivity index (χ3n) is 3.39. The molecule has 0 fully saturated rings. The minimum absolute atomic E-state index is 0.123. The Labute approximate surface area is 152 Å². The van der Waals surface area contributed by atoms with Crippen molar-refractivity contribution in [3.63, 3.8) is 0 Å². The first-order valence-electron chi connectivity index (χ1n) is 8.01. The molecule has 0 bridgehead atoms. The summed E-state index contributed by atoms with van der Waals surface area (Å²) in [5.41, 5.74) is 1.34. The molecule has 5 heteroatoms. The summed E-state index contributed by atoms with van der Waals surface area (Å²) in [5.74, 6) is 0.464. The van der Waals surface area contributed by atoms with Crippen LogP contribution < -0.4 is 5.32 Å². The van der Waals surface area contributed by atoms with E-state index >= 15 is 0 Å². The van der Waals surface area contributed by atoms with Crippen molar-refractivity contribution in [2.75, 3.05) is 19.4 Å². The van der Waals surface area contributed by atoms with Crippen molar-refractivity contribution in [3.05, 3.63) is 71.8 Å². The van der Waals surface area contributed by atoms with Gasteiger partial charge in [0.25, 0.3) is 0 Å². The third-order valence-corrected chi connectivity index (χ3v) is 4.49. The molecule has 2 aromatic rings. The van der Waals surface area contributed by atoms with Gasteiger partial charge >= 0.3 is 5.97 Å². The zero-order valence-electron chi connectivity index (χ0n) is 14.1. The highest BCUT2D eigenvalue weighted by molar-refractivity contribution is 7.99. The predicted octanol–water partition coefficient (Wildman–Crippen LogP) is 3.79. The third kappa shape index (κ3) is 6.85. The molecule has 2 rings (SSSR count). The standard InChI is InChI=1S/C20H21NO3S/c1-24-20(23)17-11-8-16(9-12-17)10-13-19(22)21-14-5-15-25-18-6-3-2-4-7-18/h2-4,6-13H,5,14-15H2,1H3,(H,21,22)/b13-10+. The van der Waals surface area contributed by atoms with Gasteiger partial charge in [0, 0.05) is 17.5 Å². The number of methoxy groups -OCH3 is 1. The summed E-state index contributed by atoms with van der Waals surface area (Å²) in [6, 6.07) is 17.1. The van der Waals surface area contributed by atoms with E-state index in [9.17, 15) is 9.59 Å². The molecule has 0 saturated carbocycles. The highest BCUT2D eigenvalue weighted by Crippen LogP contribution is 2.17. The van der Waals surface area contributed by atoms with Crippen LogP contribution in [0.25, 0.3) is 6.08 Å². The van der Waals surface area contributed by atoms with E-state index in [0.29, 0.717) is 12.1 Å². The molecule has 0 aliphatic carbocycles. The monoisotopic (exact) mass is 355 g/mol. The quantitative estimate of drug-likeness (QED) is 0.339. The van der Waals surface area contributed by atoms with E-state index < -0.39 is 0 Å². The van der Waals surface area contributed by atoms with E-state index in [1.807, 2.05) is 18.2 Å². The average Bonchev–Trinajstić information content (AvgIpc) is 2.66. The van der Waals surface area contributed by atoms with Crippen molar-refractivity contribution in [1.82, 2.24) is 5.32 Å². The molecule has 0 heterocycles. The van der Waals surface area contributed by atoms with Crippen LogP contribution in [0.3, 0.4) is 0 Å². The van der Waals surface area contributed by atoms with Gasteiger partial charge in [0.15, 0.2) is 0 Å². The summed E-state index contributed by atoms with van der Waals surface area (Å²) in [7, 11) is 1.35. The van der Waals surface area contributed by atoms with Crippen molar-refractivity contribution in [1.29, 1.82) is 0 Å². The van der Waals surface area contributed by atoms with Gasteiger partial charge in [0.1, 0.15) is 0 Å². The molecule has 2 aromatic carbocycles. The minimum Gasteiger partial charge on any atom is -0.465 e. The van der Waals surface area contributed by atoms with Crippen LogP contribution in [0.4, 0.5) is 0 Å². The number of ether oxygens (including phenoxy) is 1. The number of hydrogen-bond donors (Lipinski definition) is 1. The fraction of sp³-hybridized carbons (Fsp3) is 0.200. The smallest absolute Gasteiger partial charge is 0.337 e. The highest BCUT2D eigenvalue weighted by Gasteiger charge is 2.03. The summed E-state index contributed by atoms with van der Waals surface area (Å²) < 4.78 is 4.64. The first-order chi connectivity index (χ1) is 12.2. The van der Waals surface area contributed by atoms with E-state index in [0.717, 1.165) is 17.7 Å². The van der Waals surface area contributed by atoms with Crippen molar-refractivity contribution in [2.45, 2.75) is 11.3 Å². The molecule has 0 saturated heterocycles. The van der Waals surface area contributed by atoms with Crippen LogP contribution in [-0.2, 0) is 9.53 Å². The largest absolute Gasteiger partial charge is 0.465 e. The fourth-order valence-electron chi connectivity index (χ4n) is 2.07. The Balaban J connectivity index is 1.67. The lowest BCUT2D eigenvalue weighted by molar-refractivity contribution is -0.116. The van der Waals surface area contributed by atoms with E-state index in [2.05, 4.69) is 22.2 Å². The van der Waals surface area contributed by atoms with Crippen molar-refractivity contribution in [3.8, 4) is 0 Å². The average molecular weight is 355 g/mol. The molecule has 0 unspecified atom stereocenters. The van der Waals surface area contributed by atoms with Gasteiger partial charge in [0.2, 0.25) is 5.91 Å². The maximum Gasteiger partial charge on any atom is 0.337 e. The number of benzene rings is 2. The van der Waals surface area contributed by atoms with Crippen LogP contribution in [0.1, 0.15) is 22.3 Å². The SMILES string of the molecule is COC(=O)c1ccc(/C=C/C(=O)NCCCSc2ccccc2)cc1. The maximum atomic E-state index is 11.8. The second kappa shape index (κ2) is 10.4. The number of esters is 1. The normalized spacial score (nSPS) is 10.6. The molecule has 0 spiro atoms. The van der Waals surface area contributed by atoms with Gasteiger partial charge in [-0.3, -0.25) is 4.79 Å². The Morgan fingerprint density at radius 2 is 1.80 bits per heavy atom. The Kier molecular flexibility index (Phi) is 7.79. The number of nitrogens with one attached hydrogen (secondary N) is 1. The molecule has 1 N–H and O–H groups in total. The Morgan fingerprint density at radius 1 is 1.08 bits per heavy atom. The molecule has 0 aromatic heterocycles. The molecule has 25 heavy (non-hydrogen) atoms. The summed E-state index contributed by atoms with van der Waals surface area (Å²) in [6.07, 6.45) is 4.12. The molecule has 0 aliphatic rings. The van der Waals surface area contributed by atoms with E-state index in [1.165, 1.54) is 18.1 Å². The van der Waals surface area contributed by atoms with Crippen LogP contribution in [0, 0.1) is 0 Å². The molecule has 130 valence electrons. The lowest BCUT2D eigenvalue weighted by atomic mass is 10.1. The summed E-state index contributed by atoms with van der Waals surface area (Å²) in [4.78, 5) is 24.4. The molecule has 0 radical (unpaired) electrons. The van der Waals surface area contributed by atoms with Gasteiger partial charge in [-0.25, -0.2) is 4.79 Å². The molecule has 1 amide bonds. The molecule has 0 aliphatic heterocycles. The zero-order valence-corrected chi connectivity index (χ0v) is 14.9. The van der Waals surface area contributed by atoms with E-state index in [1.54, 1.807) is 42.1 Å². The first-order valence-corrected chi connectivity index (χ1v) is 9.00. The molecular formula is C20H21NO3S. The van der Waals surface area contributed by atoms with Gasteiger partial charge in [-0.05, 0) is 48.1 Å². The van der Waals surface area contributed by atoms with Crippen molar-refractivity contribution < 1.29 is 14.3 Å². The van der Waals surface area contributed by atoms with Crippen molar-refractivity contribution >= 4 is 29.7 Å². The Morgan fingerprint density at radius 3 is 2.48 bits per heavy atom. The number of hydrogen-bond acceptors (Lipinski definition) is 4. The maximum absolute atomic E-state index is 11.8. The minimum atomic E-state index is -0.373. The second-order valence-electron chi connectivity index (χ2n) is 5.25. The number of rotatable bonds is 8. The highest BCUT2D eigenvalue weighted by atomic mass is 32.2. The van der Waals surface area contributed by atoms with Crippen LogP contribution in [0.15, 0.2) is 65.6 Å². The predicted molar refractivity (Wildman–Crippen MR) is 102 cm³/mol. The van der Waals surface area contributed by atoms with Gasteiger partial charge in [0.05, 0.1) is 12.7 Å². The van der Waals surface area contributed by atoms with Crippen LogP contribution >= 0.6 is 11.8 Å². The van der Waals surface area contributed by atoms with E-state index in [-0.39, 0.29) is 11.9 Å². The first kappa shape index (κ1) is 18.8.